The monoisotopic (exact) mass is 425 g/mol. The number of hydrogen-bond donors (Lipinski definition) is 3. The lowest BCUT2D eigenvalue weighted by Crippen LogP contribution is -2.45. The molecular formula is C24H31N3O2S. The van der Waals surface area contributed by atoms with Crippen LogP contribution in [-0.2, 0) is 9.59 Å². The maximum Gasteiger partial charge on any atom is 0.236 e. The van der Waals surface area contributed by atoms with Crippen molar-refractivity contribution in [1.29, 1.82) is 0 Å². The SMILES string of the molecule is C=C/C=C(\C=C/NC)C(/C)=C/c1ccc(N2CCCC(C(=O)NC(=O)CS)C2)cc1. The van der Waals surface area contributed by atoms with E-state index in [1.165, 1.54) is 0 Å². The number of allylic oxidation sites excluding steroid dienone is 5. The number of imide groups is 1. The first-order valence-electron chi connectivity index (χ1n) is 10.1. The van der Waals surface area contributed by atoms with Gasteiger partial charge in [0.15, 0.2) is 0 Å². The minimum absolute atomic E-state index is 0.0189. The molecule has 0 saturated carbocycles. The van der Waals surface area contributed by atoms with E-state index in [0.717, 1.165) is 41.8 Å². The Balaban J connectivity index is 2.08. The van der Waals surface area contributed by atoms with Gasteiger partial charge in [0, 0.05) is 25.8 Å². The van der Waals surface area contributed by atoms with E-state index in [-0.39, 0.29) is 23.5 Å². The van der Waals surface area contributed by atoms with Crippen LogP contribution < -0.4 is 15.5 Å². The molecule has 30 heavy (non-hydrogen) atoms. The fourth-order valence-electron chi connectivity index (χ4n) is 3.44. The Hall–Kier alpha value is -2.73. The van der Waals surface area contributed by atoms with Gasteiger partial charge in [0.2, 0.25) is 11.8 Å². The zero-order chi connectivity index (χ0) is 21.9. The molecular weight excluding hydrogens is 394 g/mol. The van der Waals surface area contributed by atoms with Gasteiger partial charge in [0.05, 0.1) is 11.7 Å². The van der Waals surface area contributed by atoms with E-state index in [9.17, 15) is 9.59 Å². The zero-order valence-electron chi connectivity index (χ0n) is 17.7. The zero-order valence-corrected chi connectivity index (χ0v) is 18.6. The molecule has 0 radical (unpaired) electrons. The molecule has 1 unspecified atom stereocenters. The van der Waals surface area contributed by atoms with Gasteiger partial charge < -0.3 is 10.2 Å². The molecule has 1 aliphatic rings. The van der Waals surface area contributed by atoms with Gasteiger partial charge in [-0.15, -0.1) is 0 Å². The van der Waals surface area contributed by atoms with Crippen LogP contribution in [-0.4, -0.2) is 37.7 Å². The summed E-state index contributed by atoms with van der Waals surface area (Å²) >= 11 is 3.91. The summed E-state index contributed by atoms with van der Waals surface area (Å²) < 4.78 is 0. The lowest BCUT2D eigenvalue weighted by Gasteiger charge is -2.33. The predicted octanol–water partition coefficient (Wildman–Crippen LogP) is 3.72. The lowest BCUT2D eigenvalue weighted by molar-refractivity contribution is -0.131. The lowest BCUT2D eigenvalue weighted by atomic mass is 9.96. The maximum absolute atomic E-state index is 12.3. The van der Waals surface area contributed by atoms with Crippen LogP contribution in [0.5, 0.6) is 0 Å². The van der Waals surface area contributed by atoms with E-state index in [2.05, 4.69) is 72.0 Å². The van der Waals surface area contributed by atoms with Crippen molar-refractivity contribution in [2.24, 2.45) is 5.92 Å². The number of rotatable bonds is 8. The Morgan fingerprint density at radius 1 is 1.30 bits per heavy atom. The Labute approximate surface area is 185 Å². The van der Waals surface area contributed by atoms with Crippen LogP contribution in [0.15, 0.2) is 66.4 Å². The highest BCUT2D eigenvalue weighted by Gasteiger charge is 2.26. The highest BCUT2D eigenvalue weighted by molar-refractivity contribution is 7.81. The van der Waals surface area contributed by atoms with Crippen LogP contribution >= 0.6 is 12.6 Å². The Kier molecular flexibility index (Phi) is 9.48. The number of carbonyl (C=O) groups excluding carboxylic acids is 2. The number of anilines is 1. The van der Waals surface area contributed by atoms with Crippen LogP contribution in [0.3, 0.4) is 0 Å². The third kappa shape index (κ3) is 6.95. The summed E-state index contributed by atoms with van der Waals surface area (Å²) in [6, 6.07) is 8.33. The number of amides is 2. The minimum Gasteiger partial charge on any atom is -0.394 e. The summed E-state index contributed by atoms with van der Waals surface area (Å²) in [6.07, 6.45) is 11.5. The van der Waals surface area contributed by atoms with E-state index in [1.54, 1.807) is 6.08 Å². The van der Waals surface area contributed by atoms with E-state index >= 15 is 0 Å². The van der Waals surface area contributed by atoms with Crippen molar-refractivity contribution in [3.8, 4) is 0 Å². The van der Waals surface area contributed by atoms with Crippen LogP contribution in [0.1, 0.15) is 25.3 Å². The molecule has 2 rings (SSSR count). The number of thiol groups is 1. The first kappa shape index (κ1) is 23.5. The molecule has 0 spiro atoms. The maximum atomic E-state index is 12.3. The van der Waals surface area contributed by atoms with Crippen LogP contribution in [0.25, 0.3) is 6.08 Å². The fraction of sp³-hybridized carbons (Fsp3) is 0.333. The van der Waals surface area contributed by atoms with Crippen molar-refractivity contribution < 1.29 is 9.59 Å². The van der Waals surface area contributed by atoms with Crippen molar-refractivity contribution >= 4 is 36.2 Å². The average molecular weight is 426 g/mol. The summed E-state index contributed by atoms with van der Waals surface area (Å²) in [5.41, 5.74) is 4.41. The number of piperidine rings is 1. The number of hydrogen-bond acceptors (Lipinski definition) is 5. The van der Waals surface area contributed by atoms with Crippen LogP contribution in [0, 0.1) is 5.92 Å². The van der Waals surface area contributed by atoms with Crippen molar-refractivity contribution in [1.82, 2.24) is 10.6 Å². The first-order valence-corrected chi connectivity index (χ1v) is 10.8. The number of nitrogens with zero attached hydrogens (tertiary/aromatic N) is 1. The summed E-state index contributed by atoms with van der Waals surface area (Å²) in [6.45, 7) is 7.37. The number of nitrogens with one attached hydrogen (secondary N) is 2. The summed E-state index contributed by atoms with van der Waals surface area (Å²) in [7, 11) is 1.87. The molecule has 1 aliphatic heterocycles. The van der Waals surface area contributed by atoms with Gasteiger partial charge in [-0.3, -0.25) is 14.9 Å². The standard InChI is InChI=1S/C24H31N3O2S/c1-4-6-20(12-13-25-3)18(2)15-19-8-10-22(11-9-19)27-14-5-7-21(16-27)24(29)26-23(28)17-30/h4,6,8-13,15,21,25,30H,1,5,7,14,16-17H2,2-3H3,(H,26,28,29)/b13-12-,18-15+,20-6+. The van der Waals surface area contributed by atoms with Crippen LogP contribution in [0.2, 0.25) is 0 Å². The number of benzene rings is 1. The average Bonchev–Trinajstić information content (AvgIpc) is 2.77. The molecule has 0 bridgehead atoms. The second kappa shape index (κ2) is 12.1. The molecule has 0 aromatic heterocycles. The molecule has 1 heterocycles. The van der Waals surface area contributed by atoms with Gasteiger partial charge in [-0.25, -0.2) is 0 Å². The normalized spacial score (nSPS) is 17.7. The topological polar surface area (TPSA) is 61.4 Å². The van der Waals surface area contributed by atoms with Crippen molar-refractivity contribution in [3.05, 3.63) is 72.0 Å². The van der Waals surface area contributed by atoms with E-state index < -0.39 is 0 Å². The van der Waals surface area contributed by atoms with Gasteiger partial charge in [0.1, 0.15) is 0 Å². The van der Waals surface area contributed by atoms with Gasteiger partial charge in [-0.2, -0.15) is 12.6 Å². The second-order valence-electron chi connectivity index (χ2n) is 7.25. The molecule has 5 nitrogen and oxygen atoms in total. The minimum atomic E-state index is -0.346. The molecule has 1 aromatic rings. The van der Waals surface area contributed by atoms with Gasteiger partial charge in [-0.05, 0) is 60.9 Å². The molecule has 1 fully saturated rings. The Morgan fingerprint density at radius 3 is 2.67 bits per heavy atom. The third-order valence-electron chi connectivity index (χ3n) is 5.02. The Bertz CT molecular complexity index is 841. The second-order valence-corrected chi connectivity index (χ2v) is 7.57. The summed E-state index contributed by atoms with van der Waals surface area (Å²) in [4.78, 5) is 25.9. The highest BCUT2D eigenvalue weighted by Crippen LogP contribution is 2.25. The smallest absolute Gasteiger partial charge is 0.236 e. The fourth-order valence-corrected chi connectivity index (χ4v) is 3.52. The first-order chi connectivity index (χ1) is 14.5. The third-order valence-corrected chi connectivity index (χ3v) is 5.31. The predicted molar refractivity (Wildman–Crippen MR) is 129 cm³/mol. The molecule has 2 N–H and O–H groups in total. The molecule has 1 atom stereocenters. The molecule has 6 heteroatoms. The molecule has 1 aromatic carbocycles. The van der Waals surface area contributed by atoms with Gasteiger partial charge in [-0.1, -0.05) is 36.9 Å². The molecule has 2 amide bonds. The number of carbonyl (C=O) groups is 2. The largest absolute Gasteiger partial charge is 0.394 e. The van der Waals surface area contributed by atoms with Gasteiger partial charge >= 0.3 is 0 Å². The molecule has 160 valence electrons. The Morgan fingerprint density at radius 2 is 2.03 bits per heavy atom. The van der Waals surface area contributed by atoms with E-state index in [0.29, 0.717) is 6.54 Å². The molecule has 0 aliphatic carbocycles. The summed E-state index contributed by atoms with van der Waals surface area (Å²) in [5, 5.41) is 5.43. The van der Waals surface area contributed by atoms with Crippen molar-refractivity contribution in [3.63, 3.8) is 0 Å². The quantitative estimate of drug-likeness (QED) is 0.439. The molecule has 1 saturated heterocycles. The highest BCUT2D eigenvalue weighted by atomic mass is 32.1. The van der Waals surface area contributed by atoms with Crippen molar-refractivity contribution in [2.45, 2.75) is 19.8 Å². The van der Waals surface area contributed by atoms with E-state index in [4.69, 9.17) is 0 Å². The van der Waals surface area contributed by atoms with Crippen molar-refractivity contribution in [2.75, 3.05) is 30.8 Å². The van der Waals surface area contributed by atoms with Gasteiger partial charge in [0.25, 0.3) is 0 Å². The summed E-state index contributed by atoms with van der Waals surface area (Å²) in [5.74, 6) is -0.716. The van der Waals surface area contributed by atoms with Crippen LogP contribution in [0.4, 0.5) is 5.69 Å². The van der Waals surface area contributed by atoms with E-state index in [1.807, 2.05) is 25.4 Å².